The fourth-order valence-corrected chi connectivity index (χ4v) is 3.31. The summed E-state index contributed by atoms with van der Waals surface area (Å²) in [5.41, 5.74) is 1.62. The summed E-state index contributed by atoms with van der Waals surface area (Å²) >= 11 is 0. The Hall–Kier alpha value is -3.13. The SMILES string of the molecule is COc1ccc(NC(=O)CN2CCN(c3cccc4nncn34)CC2)cc1. The highest BCUT2D eigenvalue weighted by molar-refractivity contribution is 5.92. The van der Waals surface area contributed by atoms with Crippen molar-refractivity contribution in [2.75, 3.05) is 50.1 Å². The first-order chi connectivity index (χ1) is 13.2. The Balaban J connectivity index is 1.31. The van der Waals surface area contributed by atoms with E-state index < -0.39 is 0 Å². The molecule has 1 saturated heterocycles. The van der Waals surface area contributed by atoms with Gasteiger partial charge in [0.1, 0.15) is 17.9 Å². The van der Waals surface area contributed by atoms with Crippen LogP contribution in [0.5, 0.6) is 5.75 Å². The quantitative estimate of drug-likeness (QED) is 0.738. The van der Waals surface area contributed by atoms with E-state index in [2.05, 4.69) is 31.4 Å². The van der Waals surface area contributed by atoms with E-state index in [9.17, 15) is 4.79 Å². The third-order valence-corrected chi connectivity index (χ3v) is 4.75. The number of hydrogen-bond donors (Lipinski definition) is 1. The number of anilines is 2. The lowest BCUT2D eigenvalue weighted by molar-refractivity contribution is -0.117. The van der Waals surface area contributed by atoms with Gasteiger partial charge in [0.15, 0.2) is 5.65 Å². The highest BCUT2D eigenvalue weighted by Gasteiger charge is 2.20. The standard InChI is InChI=1S/C19H22N6O2/c1-27-16-7-5-15(6-8-16)21-18(26)13-23-9-11-24(12-10-23)19-4-2-3-17-22-20-14-25(17)19/h2-8,14H,9-13H2,1H3,(H,21,26). The Bertz CT molecular complexity index is 915. The van der Waals surface area contributed by atoms with Gasteiger partial charge in [-0.05, 0) is 36.4 Å². The van der Waals surface area contributed by atoms with Gasteiger partial charge in [0.25, 0.3) is 0 Å². The van der Waals surface area contributed by atoms with Crippen molar-refractivity contribution >= 4 is 23.1 Å². The zero-order valence-corrected chi connectivity index (χ0v) is 15.2. The lowest BCUT2D eigenvalue weighted by atomic mass is 10.2. The molecular formula is C19H22N6O2. The second-order valence-electron chi connectivity index (χ2n) is 6.48. The average Bonchev–Trinajstić information content (AvgIpc) is 3.18. The lowest BCUT2D eigenvalue weighted by Crippen LogP contribution is -2.49. The molecule has 1 aliphatic rings. The molecule has 1 fully saturated rings. The van der Waals surface area contributed by atoms with Gasteiger partial charge in [-0.15, -0.1) is 10.2 Å². The summed E-state index contributed by atoms with van der Waals surface area (Å²) in [5.74, 6) is 1.85. The number of fused-ring (bicyclic) bond motifs is 1. The van der Waals surface area contributed by atoms with Crippen LogP contribution >= 0.6 is 0 Å². The smallest absolute Gasteiger partial charge is 0.238 e. The van der Waals surface area contributed by atoms with Gasteiger partial charge in [0.05, 0.1) is 13.7 Å². The Kier molecular flexibility index (Phi) is 4.88. The molecule has 0 bridgehead atoms. The van der Waals surface area contributed by atoms with Crippen molar-refractivity contribution in [1.82, 2.24) is 19.5 Å². The molecule has 0 atom stereocenters. The second-order valence-corrected chi connectivity index (χ2v) is 6.48. The molecule has 1 N–H and O–H groups in total. The first kappa shape index (κ1) is 17.3. The normalized spacial score (nSPS) is 15.1. The van der Waals surface area contributed by atoms with Gasteiger partial charge in [-0.1, -0.05) is 6.07 Å². The van der Waals surface area contributed by atoms with E-state index in [1.165, 1.54) is 0 Å². The fourth-order valence-electron chi connectivity index (χ4n) is 3.31. The lowest BCUT2D eigenvalue weighted by Gasteiger charge is -2.35. The summed E-state index contributed by atoms with van der Waals surface area (Å²) in [6.07, 6.45) is 1.74. The molecule has 0 unspecified atom stereocenters. The summed E-state index contributed by atoms with van der Waals surface area (Å²) < 4.78 is 7.12. The van der Waals surface area contributed by atoms with E-state index in [1.807, 2.05) is 40.8 Å². The van der Waals surface area contributed by atoms with Crippen molar-refractivity contribution < 1.29 is 9.53 Å². The highest BCUT2D eigenvalue weighted by Crippen LogP contribution is 2.18. The summed E-state index contributed by atoms with van der Waals surface area (Å²) in [4.78, 5) is 16.8. The van der Waals surface area contributed by atoms with Crippen molar-refractivity contribution in [1.29, 1.82) is 0 Å². The van der Waals surface area contributed by atoms with Gasteiger partial charge in [-0.3, -0.25) is 14.1 Å². The van der Waals surface area contributed by atoms with Crippen LogP contribution < -0.4 is 15.0 Å². The third-order valence-electron chi connectivity index (χ3n) is 4.75. The minimum absolute atomic E-state index is 0.00507. The third kappa shape index (κ3) is 3.85. The Morgan fingerprint density at radius 1 is 1.11 bits per heavy atom. The number of nitrogens with one attached hydrogen (secondary N) is 1. The van der Waals surface area contributed by atoms with Crippen LogP contribution in [0.3, 0.4) is 0 Å². The number of ether oxygens (including phenoxy) is 1. The van der Waals surface area contributed by atoms with Crippen LogP contribution in [0, 0.1) is 0 Å². The number of carbonyl (C=O) groups excluding carboxylic acids is 1. The maximum atomic E-state index is 12.3. The van der Waals surface area contributed by atoms with Crippen molar-refractivity contribution in [3.05, 3.63) is 48.8 Å². The van der Waals surface area contributed by atoms with Crippen molar-refractivity contribution in [2.45, 2.75) is 0 Å². The van der Waals surface area contributed by atoms with E-state index in [-0.39, 0.29) is 5.91 Å². The summed E-state index contributed by atoms with van der Waals surface area (Å²) in [5, 5.41) is 11.0. The van der Waals surface area contributed by atoms with E-state index in [4.69, 9.17) is 4.74 Å². The molecule has 140 valence electrons. The zero-order valence-electron chi connectivity index (χ0n) is 15.2. The molecule has 0 aliphatic carbocycles. The van der Waals surface area contributed by atoms with Gasteiger partial charge in [0.2, 0.25) is 5.91 Å². The molecule has 0 radical (unpaired) electrons. The van der Waals surface area contributed by atoms with Crippen LogP contribution in [0.4, 0.5) is 11.5 Å². The molecule has 8 heteroatoms. The molecule has 1 amide bonds. The molecule has 1 aliphatic heterocycles. The topological polar surface area (TPSA) is 75.0 Å². The Labute approximate surface area is 157 Å². The van der Waals surface area contributed by atoms with E-state index >= 15 is 0 Å². The molecule has 0 spiro atoms. The summed E-state index contributed by atoms with van der Waals surface area (Å²) in [7, 11) is 1.62. The molecule has 4 rings (SSSR count). The second kappa shape index (κ2) is 7.63. The van der Waals surface area contributed by atoms with Gasteiger partial charge < -0.3 is 15.0 Å². The van der Waals surface area contributed by atoms with Gasteiger partial charge in [-0.25, -0.2) is 0 Å². The zero-order chi connectivity index (χ0) is 18.6. The maximum absolute atomic E-state index is 12.3. The van der Waals surface area contributed by atoms with Gasteiger partial charge in [0, 0.05) is 31.9 Å². The maximum Gasteiger partial charge on any atom is 0.238 e. The predicted octanol–water partition coefficient (Wildman–Crippen LogP) is 1.50. The number of methoxy groups -OCH3 is 1. The first-order valence-electron chi connectivity index (χ1n) is 8.93. The number of amides is 1. The molecule has 2 aromatic heterocycles. The van der Waals surface area contributed by atoms with Crippen LogP contribution in [-0.2, 0) is 4.79 Å². The number of aromatic nitrogens is 3. The number of carbonyl (C=O) groups is 1. The highest BCUT2D eigenvalue weighted by atomic mass is 16.5. The summed E-state index contributed by atoms with van der Waals surface area (Å²) in [6.45, 7) is 3.75. The van der Waals surface area contributed by atoms with Crippen LogP contribution in [-0.4, -0.2) is 65.2 Å². The minimum Gasteiger partial charge on any atom is -0.497 e. The number of rotatable bonds is 5. The first-order valence-corrected chi connectivity index (χ1v) is 8.93. The predicted molar refractivity (Wildman–Crippen MR) is 103 cm³/mol. The molecule has 27 heavy (non-hydrogen) atoms. The molecule has 3 aromatic rings. The average molecular weight is 366 g/mol. The van der Waals surface area contributed by atoms with E-state index in [0.717, 1.165) is 49.1 Å². The largest absolute Gasteiger partial charge is 0.497 e. The molecule has 1 aromatic carbocycles. The number of benzene rings is 1. The van der Waals surface area contributed by atoms with Crippen LogP contribution in [0.25, 0.3) is 5.65 Å². The molecule has 3 heterocycles. The van der Waals surface area contributed by atoms with Crippen LogP contribution in [0.15, 0.2) is 48.8 Å². The summed E-state index contributed by atoms with van der Waals surface area (Å²) in [6, 6.07) is 13.4. The number of pyridine rings is 1. The van der Waals surface area contributed by atoms with Crippen LogP contribution in [0.2, 0.25) is 0 Å². The van der Waals surface area contributed by atoms with Crippen molar-refractivity contribution in [3.63, 3.8) is 0 Å². The fraction of sp³-hybridized carbons (Fsp3) is 0.316. The van der Waals surface area contributed by atoms with Crippen molar-refractivity contribution in [2.24, 2.45) is 0 Å². The van der Waals surface area contributed by atoms with Gasteiger partial charge >= 0.3 is 0 Å². The van der Waals surface area contributed by atoms with Gasteiger partial charge in [-0.2, -0.15) is 0 Å². The van der Waals surface area contributed by atoms with E-state index in [1.54, 1.807) is 13.4 Å². The Morgan fingerprint density at radius 2 is 1.89 bits per heavy atom. The Morgan fingerprint density at radius 3 is 2.63 bits per heavy atom. The number of nitrogens with zero attached hydrogens (tertiary/aromatic N) is 5. The molecule has 0 saturated carbocycles. The number of piperazine rings is 1. The molecule has 8 nitrogen and oxygen atoms in total. The van der Waals surface area contributed by atoms with Crippen LogP contribution in [0.1, 0.15) is 0 Å². The van der Waals surface area contributed by atoms with E-state index in [0.29, 0.717) is 6.54 Å². The number of hydrogen-bond acceptors (Lipinski definition) is 6. The van der Waals surface area contributed by atoms with Crippen molar-refractivity contribution in [3.8, 4) is 5.75 Å². The monoisotopic (exact) mass is 366 g/mol. The minimum atomic E-state index is -0.00507. The molecular weight excluding hydrogens is 344 g/mol.